The molecule has 0 radical (unpaired) electrons. The highest BCUT2D eigenvalue weighted by molar-refractivity contribution is 8.02. The molecule has 2 heterocycles. The molecule has 0 amide bonds. The third kappa shape index (κ3) is 3.09. The molecule has 2 aromatic rings. The summed E-state index contributed by atoms with van der Waals surface area (Å²) in [5, 5.41) is 19.9. The van der Waals surface area contributed by atoms with Crippen molar-refractivity contribution in [2.45, 2.75) is 0 Å². The van der Waals surface area contributed by atoms with Crippen LogP contribution in [0, 0.1) is 12.3 Å². The molecule has 27 heavy (non-hydrogen) atoms. The number of pyridine rings is 1. The van der Waals surface area contributed by atoms with Crippen molar-refractivity contribution in [3.05, 3.63) is 51.6 Å². The van der Waals surface area contributed by atoms with E-state index >= 15 is 0 Å². The second-order valence-electron chi connectivity index (χ2n) is 5.27. The Morgan fingerprint density at radius 3 is 2.63 bits per heavy atom. The van der Waals surface area contributed by atoms with Crippen LogP contribution in [0.15, 0.2) is 30.5 Å². The summed E-state index contributed by atoms with van der Waals surface area (Å²) in [6.07, 6.45) is 6.70. The van der Waals surface area contributed by atoms with E-state index in [1.807, 2.05) is 0 Å². The summed E-state index contributed by atoms with van der Waals surface area (Å²) in [4.78, 5) is 3.47. The van der Waals surface area contributed by atoms with Crippen molar-refractivity contribution in [2.24, 2.45) is 0 Å². The van der Waals surface area contributed by atoms with Crippen molar-refractivity contribution in [2.75, 3.05) is 17.6 Å². The Hall–Kier alpha value is -2.44. The quantitative estimate of drug-likeness (QED) is 0.575. The molecule has 1 aromatic heterocycles. The Bertz CT molecular complexity index is 1090. The second kappa shape index (κ2) is 7.29. The predicted octanol–water partition coefficient (Wildman–Crippen LogP) is 2.88. The number of anilines is 1. The monoisotopic (exact) mass is 426 g/mol. The maximum Gasteiger partial charge on any atom is 0.270 e. The molecule has 1 aliphatic heterocycles. The lowest BCUT2D eigenvalue weighted by atomic mass is 10.1. The standard InChI is InChI=1S/C17H12Cl2N2O5S/c1-2-8-21-17-10(4-3-7-20-17)14(23)16(27(21,24)25)13-11(18)5-6-12(19)15(13)26-9-22/h1,3-7,22-23H,8-9H2. The van der Waals surface area contributed by atoms with Gasteiger partial charge in [0.15, 0.2) is 18.4 Å². The van der Waals surface area contributed by atoms with E-state index in [1.54, 1.807) is 0 Å². The number of halogens is 2. The topological polar surface area (TPSA) is 100.0 Å². The summed E-state index contributed by atoms with van der Waals surface area (Å²) in [6, 6.07) is 5.74. The van der Waals surface area contributed by atoms with E-state index in [-0.39, 0.29) is 39.3 Å². The van der Waals surface area contributed by atoms with Crippen LogP contribution in [-0.4, -0.2) is 37.0 Å². The molecular formula is C17H12Cl2N2O5S. The minimum absolute atomic E-state index is 0.000525. The maximum absolute atomic E-state index is 13.2. The normalized spacial score (nSPS) is 15.3. The van der Waals surface area contributed by atoms with Gasteiger partial charge in [-0.2, -0.15) is 0 Å². The van der Waals surface area contributed by atoms with Crippen LogP contribution in [-0.2, 0) is 10.0 Å². The summed E-state index contributed by atoms with van der Waals surface area (Å²) >= 11 is 12.3. The Balaban J connectivity index is 2.43. The number of fused-ring (bicyclic) bond motifs is 1. The lowest BCUT2D eigenvalue weighted by Gasteiger charge is -2.30. The first-order valence-corrected chi connectivity index (χ1v) is 9.61. The number of ether oxygens (including phenoxy) is 1. The molecule has 0 aliphatic carbocycles. The number of rotatable bonds is 4. The van der Waals surface area contributed by atoms with Crippen molar-refractivity contribution in [1.29, 1.82) is 0 Å². The minimum Gasteiger partial charge on any atom is -0.506 e. The zero-order chi connectivity index (χ0) is 19.8. The molecule has 1 aromatic carbocycles. The molecule has 0 spiro atoms. The Labute approximate surface area is 165 Å². The van der Waals surface area contributed by atoms with Crippen LogP contribution in [0.4, 0.5) is 5.82 Å². The van der Waals surface area contributed by atoms with Gasteiger partial charge in [-0.25, -0.2) is 17.7 Å². The molecule has 0 saturated carbocycles. The summed E-state index contributed by atoms with van der Waals surface area (Å²) in [5.41, 5.74) is -0.0455. The van der Waals surface area contributed by atoms with Crippen molar-refractivity contribution in [1.82, 2.24) is 4.98 Å². The first kappa shape index (κ1) is 19.3. The van der Waals surface area contributed by atoms with Gasteiger partial charge < -0.3 is 14.9 Å². The van der Waals surface area contributed by atoms with Crippen LogP contribution in [0.2, 0.25) is 10.0 Å². The number of nitrogens with zero attached hydrogens (tertiary/aromatic N) is 2. The third-order valence-corrected chi connectivity index (χ3v) is 6.18. The highest BCUT2D eigenvalue weighted by Crippen LogP contribution is 2.47. The van der Waals surface area contributed by atoms with E-state index in [1.165, 1.54) is 30.5 Å². The van der Waals surface area contributed by atoms with Crippen LogP contribution in [0.25, 0.3) is 10.7 Å². The maximum atomic E-state index is 13.2. The van der Waals surface area contributed by atoms with Gasteiger partial charge in [0.2, 0.25) is 0 Å². The Morgan fingerprint density at radius 2 is 1.96 bits per heavy atom. The number of sulfonamides is 1. The molecule has 10 heteroatoms. The van der Waals surface area contributed by atoms with Gasteiger partial charge >= 0.3 is 0 Å². The lowest BCUT2D eigenvalue weighted by molar-refractivity contribution is 0.0984. The fraction of sp³-hybridized carbons (Fsp3) is 0.118. The SMILES string of the molecule is C#CCN1c2ncccc2C(O)=C(c2c(Cl)ccc(Cl)c2OCO)S1(=O)=O. The molecule has 0 atom stereocenters. The van der Waals surface area contributed by atoms with Gasteiger partial charge in [-0.15, -0.1) is 6.42 Å². The molecule has 0 bridgehead atoms. The average molecular weight is 427 g/mol. The summed E-state index contributed by atoms with van der Waals surface area (Å²) in [7, 11) is -4.37. The highest BCUT2D eigenvalue weighted by Gasteiger charge is 2.41. The van der Waals surface area contributed by atoms with Crippen molar-refractivity contribution >= 4 is 49.7 Å². The average Bonchev–Trinajstić information content (AvgIpc) is 2.64. The molecule has 0 fully saturated rings. The summed E-state index contributed by atoms with van der Waals surface area (Å²) in [6.45, 7) is -1.11. The van der Waals surface area contributed by atoms with E-state index in [0.717, 1.165) is 4.31 Å². The van der Waals surface area contributed by atoms with Crippen LogP contribution < -0.4 is 9.04 Å². The molecule has 3 rings (SSSR count). The molecule has 7 nitrogen and oxygen atoms in total. The zero-order valence-corrected chi connectivity index (χ0v) is 15.9. The van der Waals surface area contributed by atoms with Gasteiger partial charge in [-0.1, -0.05) is 29.1 Å². The third-order valence-electron chi connectivity index (χ3n) is 3.77. The molecule has 2 N–H and O–H groups in total. The van der Waals surface area contributed by atoms with E-state index in [9.17, 15) is 13.5 Å². The predicted molar refractivity (Wildman–Crippen MR) is 103 cm³/mol. The van der Waals surface area contributed by atoms with Gasteiger partial charge in [-0.3, -0.25) is 0 Å². The smallest absolute Gasteiger partial charge is 0.270 e. The molecule has 0 saturated heterocycles. The fourth-order valence-corrected chi connectivity index (χ4v) is 4.85. The van der Waals surface area contributed by atoms with Crippen molar-refractivity contribution in [3.8, 4) is 18.1 Å². The van der Waals surface area contributed by atoms with Crippen LogP contribution in [0.1, 0.15) is 11.1 Å². The first-order chi connectivity index (χ1) is 12.8. The van der Waals surface area contributed by atoms with Crippen molar-refractivity contribution < 1.29 is 23.4 Å². The van der Waals surface area contributed by atoms with Gasteiger partial charge in [0, 0.05) is 6.20 Å². The Morgan fingerprint density at radius 1 is 1.26 bits per heavy atom. The van der Waals surface area contributed by atoms with E-state index in [4.69, 9.17) is 39.5 Å². The number of benzene rings is 1. The fourth-order valence-electron chi connectivity index (χ4n) is 2.69. The van der Waals surface area contributed by atoms with Gasteiger partial charge in [0.05, 0.1) is 27.7 Å². The number of aliphatic hydroxyl groups excluding tert-OH is 2. The molecule has 1 aliphatic rings. The largest absolute Gasteiger partial charge is 0.506 e. The van der Waals surface area contributed by atoms with Gasteiger partial charge in [0.25, 0.3) is 10.0 Å². The van der Waals surface area contributed by atoms with Crippen LogP contribution in [0.3, 0.4) is 0 Å². The number of hydrogen-bond acceptors (Lipinski definition) is 6. The van der Waals surface area contributed by atoms with Crippen LogP contribution in [0.5, 0.6) is 5.75 Å². The van der Waals surface area contributed by atoms with E-state index < -0.39 is 27.5 Å². The number of aromatic nitrogens is 1. The second-order valence-corrected chi connectivity index (χ2v) is 7.89. The molecule has 0 unspecified atom stereocenters. The summed E-state index contributed by atoms with van der Waals surface area (Å²) in [5.74, 6) is 1.47. The lowest BCUT2D eigenvalue weighted by Crippen LogP contribution is -2.36. The summed E-state index contributed by atoms with van der Waals surface area (Å²) < 4.78 is 32.5. The Kier molecular flexibility index (Phi) is 5.22. The van der Waals surface area contributed by atoms with Crippen LogP contribution >= 0.6 is 23.2 Å². The number of hydrogen-bond donors (Lipinski definition) is 2. The van der Waals surface area contributed by atoms with E-state index in [2.05, 4.69) is 10.9 Å². The number of terminal acetylenes is 1. The van der Waals surface area contributed by atoms with Crippen molar-refractivity contribution in [3.63, 3.8) is 0 Å². The molecular weight excluding hydrogens is 415 g/mol. The van der Waals surface area contributed by atoms with Gasteiger partial charge in [0.1, 0.15) is 10.7 Å². The first-order valence-electron chi connectivity index (χ1n) is 7.41. The molecule has 140 valence electrons. The zero-order valence-electron chi connectivity index (χ0n) is 13.6. The van der Waals surface area contributed by atoms with E-state index in [0.29, 0.717) is 0 Å². The number of aliphatic hydroxyl groups is 2. The minimum atomic E-state index is -4.37. The van der Waals surface area contributed by atoms with Gasteiger partial charge in [-0.05, 0) is 24.3 Å². The highest BCUT2D eigenvalue weighted by atomic mass is 35.5.